The number of aryl methyl sites for hydroxylation is 2. The summed E-state index contributed by atoms with van der Waals surface area (Å²) in [6.45, 7) is 5.94. The number of nitrogens with one attached hydrogen (secondary N) is 2. The number of hydrogen-bond acceptors (Lipinski definition) is 5. The second kappa shape index (κ2) is 7.42. The lowest BCUT2D eigenvalue weighted by atomic mass is 9.77. The highest BCUT2D eigenvalue weighted by Gasteiger charge is 2.52. The quantitative estimate of drug-likeness (QED) is 0.596. The molecule has 0 bridgehead atoms. The SMILES string of the molecule is Cc1cc(C(=O)CCC(=O)NN2C(=O)NC3(CCC(C)CC3)C2=O)c(C)s1. The summed E-state index contributed by atoms with van der Waals surface area (Å²) in [5.74, 6) is -0.498. The standard InChI is InChI=1S/C19H25N3O4S/c1-11-6-8-19(9-7-11)17(25)22(18(26)20-19)21-16(24)5-4-15(23)14-10-12(2)27-13(14)3/h10-11H,4-9H2,1-3H3,(H,20,26)(H,21,24). The van der Waals surface area contributed by atoms with Gasteiger partial charge in [0.15, 0.2) is 5.78 Å². The number of hydrazine groups is 1. The fourth-order valence-corrected chi connectivity index (χ4v) is 4.71. The van der Waals surface area contributed by atoms with Crippen molar-refractivity contribution in [1.29, 1.82) is 0 Å². The number of carbonyl (C=O) groups excluding carboxylic acids is 4. The molecule has 8 heteroatoms. The molecule has 1 aliphatic carbocycles. The van der Waals surface area contributed by atoms with Gasteiger partial charge in [0, 0.05) is 28.2 Å². The van der Waals surface area contributed by atoms with Gasteiger partial charge in [-0.25, -0.2) is 4.79 Å². The molecule has 0 atom stereocenters. The maximum absolute atomic E-state index is 12.7. The topological polar surface area (TPSA) is 95.6 Å². The number of ketones is 1. The molecule has 7 nitrogen and oxygen atoms in total. The third kappa shape index (κ3) is 3.90. The van der Waals surface area contributed by atoms with Crippen molar-refractivity contribution in [3.8, 4) is 0 Å². The Balaban J connectivity index is 1.56. The van der Waals surface area contributed by atoms with Crippen molar-refractivity contribution in [3.63, 3.8) is 0 Å². The van der Waals surface area contributed by atoms with E-state index in [1.807, 2.05) is 19.9 Å². The molecular formula is C19H25N3O4S. The molecule has 1 saturated heterocycles. The fraction of sp³-hybridized carbons (Fsp3) is 0.579. The van der Waals surface area contributed by atoms with Crippen LogP contribution < -0.4 is 10.7 Å². The zero-order valence-electron chi connectivity index (χ0n) is 15.9. The van der Waals surface area contributed by atoms with Gasteiger partial charge in [0.1, 0.15) is 5.54 Å². The van der Waals surface area contributed by atoms with E-state index >= 15 is 0 Å². The third-order valence-electron chi connectivity index (χ3n) is 5.45. The Labute approximate surface area is 162 Å². The molecule has 0 unspecified atom stereocenters. The summed E-state index contributed by atoms with van der Waals surface area (Å²) in [7, 11) is 0. The Bertz CT molecular complexity index is 793. The minimum absolute atomic E-state index is 0.0369. The molecule has 1 aliphatic heterocycles. The highest BCUT2D eigenvalue weighted by Crippen LogP contribution is 2.35. The van der Waals surface area contributed by atoms with Gasteiger partial charge in [-0.3, -0.25) is 19.8 Å². The molecule has 0 radical (unpaired) electrons. The summed E-state index contributed by atoms with van der Waals surface area (Å²) in [6.07, 6.45) is 2.85. The Morgan fingerprint density at radius 3 is 2.52 bits per heavy atom. The Morgan fingerprint density at radius 1 is 1.26 bits per heavy atom. The van der Waals surface area contributed by atoms with Crippen LogP contribution in [0.15, 0.2) is 6.07 Å². The van der Waals surface area contributed by atoms with Crippen molar-refractivity contribution in [1.82, 2.24) is 15.8 Å². The van der Waals surface area contributed by atoms with Crippen LogP contribution in [0.1, 0.15) is 65.6 Å². The number of Topliss-reactive ketones (excluding diaryl/α,β-unsaturated/α-hetero) is 1. The molecule has 2 aliphatic rings. The van der Waals surface area contributed by atoms with Crippen molar-refractivity contribution < 1.29 is 19.2 Å². The average molecular weight is 391 g/mol. The van der Waals surface area contributed by atoms with Crippen LogP contribution in [0.4, 0.5) is 4.79 Å². The van der Waals surface area contributed by atoms with Crippen LogP contribution in [-0.2, 0) is 9.59 Å². The lowest BCUT2D eigenvalue weighted by molar-refractivity contribution is -0.140. The average Bonchev–Trinajstić information content (AvgIpc) is 3.07. The monoisotopic (exact) mass is 391 g/mol. The predicted octanol–water partition coefficient (Wildman–Crippen LogP) is 2.86. The summed E-state index contributed by atoms with van der Waals surface area (Å²) in [4.78, 5) is 51.4. The van der Waals surface area contributed by atoms with Crippen LogP contribution in [0.3, 0.4) is 0 Å². The second-order valence-electron chi connectivity index (χ2n) is 7.62. The second-order valence-corrected chi connectivity index (χ2v) is 9.08. The Kier molecular flexibility index (Phi) is 5.37. The number of urea groups is 1. The number of imide groups is 1. The summed E-state index contributed by atoms with van der Waals surface area (Å²) in [6, 6.07) is 1.23. The van der Waals surface area contributed by atoms with E-state index in [0.717, 1.165) is 27.6 Å². The first kappa shape index (κ1) is 19.5. The van der Waals surface area contributed by atoms with Gasteiger partial charge in [-0.2, -0.15) is 5.01 Å². The highest BCUT2D eigenvalue weighted by atomic mass is 32.1. The van der Waals surface area contributed by atoms with Gasteiger partial charge in [-0.15, -0.1) is 11.3 Å². The maximum Gasteiger partial charge on any atom is 0.344 e. The van der Waals surface area contributed by atoms with Crippen molar-refractivity contribution in [2.24, 2.45) is 5.92 Å². The summed E-state index contributed by atoms with van der Waals surface area (Å²) >= 11 is 1.54. The summed E-state index contributed by atoms with van der Waals surface area (Å²) in [5, 5.41) is 3.53. The lowest BCUT2D eigenvalue weighted by Gasteiger charge is -2.33. The maximum atomic E-state index is 12.7. The van der Waals surface area contributed by atoms with Gasteiger partial charge in [-0.05, 0) is 51.5 Å². The highest BCUT2D eigenvalue weighted by molar-refractivity contribution is 7.12. The normalized spacial score (nSPS) is 25.0. The molecular weight excluding hydrogens is 366 g/mol. The Hall–Kier alpha value is -2.22. The lowest BCUT2D eigenvalue weighted by Crippen LogP contribution is -2.51. The minimum Gasteiger partial charge on any atom is -0.322 e. The fourth-order valence-electron chi connectivity index (χ4n) is 3.77. The third-order valence-corrected chi connectivity index (χ3v) is 6.41. The number of amides is 4. The molecule has 3 rings (SSSR count). The summed E-state index contributed by atoms with van der Waals surface area (Å²) in [5.41, 5.74) is 2.11. The van der Waals surface area contributed by atoms with Gasteiger partial charge in [0.25, 0.3) is 5.91 Å². The van der Waals surface area contributed by atoms with E-state index in [9.17, 15) is 19.2 Å². The first-order valence-electron chi connectivity index (χ1n) is 9.28. The number of thiophene rings is 1. The first-order chi connectivity index (χ1) is 12.7. The van der Waals surface area contributed by atoms with Gasteiger partial charge in [0.2, 0.25) is 5.91 Å². The predicted molar refractivity (Wildman–Crippen MR) is 101 cm³/mol. The van der Waals surface area contributed by atoms with Crippen LogP contribution in [0.5, 0.6) is 0 Å². The van der Waals surface area contributed by atoms with Gasteiger partial charge >= 0.3 is 6.03 Å². The van der Waals surface area contributed by atoms with Crippen LogP contribution >= 0.6 is 11.3 Å². The zero-order chi connectivity index (χ0) is 19.8. The van der Waals surface area contributed by atoms with Crippen LogP contribution in [0, 0.1) is 19.8 Å². The first-order valence-corrected chi connectivity index (χ1v) is 10.1. The molecule has 1 spiro atoms. The zero-order valence-corrected chi connectivity index (χ0v) is 16.7. The molecule has 1 aromatic rings. The molecule has 1 aromatic heterocycles. The van der Waals surface area contributed by atoms with Crippen LogP contribution in [-0.4, -0.2) is 34.2 Å². The smallest absolute Gasteiger partial charge is 0.322 e. The van der Waals surface area contributed by atoms with Crippen molar-refractivity contribution in [3.05, 3.63) is 21.4 Å². The van der Waals surface area contributed by atoms with Gasteiger partial charge < -0.3 is 5.32 Å². The molecule has 0 aromatic carbocycles. The molecule has 4 amide bonds. The van der Waals surface area contributed by atoms with E-state index in [4.69, 9.17) is 0 Å². The van der Waals surface area contributed by atoms with E-state index in [-0.39, 0.29) is 18.6 Å². The van der Waals surface area contributed by atoms with E-state index in [1.165, 1.54) is 0 Å². The molecule has 2 N–H and O–H groups in total. The van der Waals surface area contributed by atoms with Crippen molar-refractivity contribution in [2.45, 2.75) is 64.8 Å². The molecule has 2 heterocycles. The minimum atomic E-state index is -0.891. The van der Waals surface area contributed by atoms with Gasteiger partial charge in [-0.1, -0.05) is 6.92 Å². The number of carbonyl (C=O) groups is 4. The van der Waals surface area contributed by atoms with E-state index in [2.05, 4.69) is 17.7 Å². The number of nitrogens with zero attached hydrogens (tertiary/aromatic N) is 1. The molecule has 27 heavy (non-hydrogen) atoms. The largest absolute Gasteiger partial charge is 0.344 e. The number of hydrogen-bond donors (Lipinski definition) is 2. The molecule has 2 fully saturated rings. The van der Waals surface area contributed by atoms with Gasteiger partial charge in [0.05, 0.1) is 0 Å². The molecule has 146 valence electrons. The number of rotatable bonds is 5. The van der Waals surface area contributed by atoms with Crippen LogP contribution in [0.25, 0.3) is 0 Å². The van der Waals surface area contributed by atoms with E-state index < -0.39 is 23.4 Å². The van der Waals surface area contributed by atoms with Crippen molar-refractivity contribution >= 4 is 35.0 Å². The van der Waals surface area contributed by atoms with E-state index in [0.29, 0.717) is 24.3 Å². The Morgan fingerprint density at radius 2 is 1.93 bits per heavy atom. The van der Waals surface area contributed by atoms with E-state index in [1.54, 1.807) is 11.3 Å². The summed E-state index contributed by atoms with van der Waals surface area (Å²) < 4.78 is 0. The van der Waals surface area contributed by atoms with Crippen LogP contribution in [0.2, 0.25) is 0 Å². The molecule has 1 saturated carbocycles. The van der Waals surface area contributed by atoms with Crippen molar-refractivity contribution in [2.75, 3.05) is 0 Å².